The van der Waals surface area contributed by atoms with Gasteiger partial charge in [-0.25, -0.2) is 0 Å². The van der Waals surface area contributed by atoms with Crippen LogP contribution in [0.25, 0.3) is 0 Å². The fraction of sp³-hybridized carbons (Fsp3) is 0.812. The predicted molar refractivity (Wildman–Crippen MR) is 77.8 cm³/mol. The second-order valence-corrected chi connectivity index (χ2v) is 7.42. The van der Waals surface area contributed by atoms with E-state index in [2.05, 4.69) is 38.1 Å². The Morgan fingerprint density at radius 2 is 2.16 bits per heavy atom. The number of nitrogens with one attached hydrogen (secondary N) is 1. The average molecular weight is 261 g/mol. The third-order valence-corrected chi connectivity index (χ3v) is 6.67. The zero-order chi connectivity index (χ0) is 13.8. The van der Waals surface area contributed by atoms with Crippen molar-refractivity contribution in [2.24, 2.45) is 23.8 Å². The molecule has 0 saturated heterocycles. The second kappa shape index (κ2) is 4.08. The summed E-state index contributed by atoms with van der Waals surface area (Å²) in [6.45, 7) is 10.6. The van der Waals surface area contributed by atoms with Crippen molar-refractivity contribution in [3.63, 3.8) is 0 Å². The van der Waals surface area contributed by atoms with Gasteiger partial charge in [0.05, 0.1) is 6.20 Å². The van der Waals surface area contributed by atoms with Gasteiger partial charge in [-0.05, 0) is 42.9 Å². The highest BCUT2D eigenvalue weighted by atomic mass is 15.3. The van der Waals surface area contributed by atoms with Crippen molar-refractivity contribution in [3.8, 4) is 0 Å². The van der Waals surface area contributed by atoms with Gasteiger partial charge in [0, 0.05) is 30.9 Å². The van der Waals surface area contributed by atoms with Crippen LogP contribution in [0.2, 0.25) is 0 Å². The Kier molecular flexibility index (Phi) is 2.83. The molecule has 3 heteroatoms. The number of rotatable bonds is 3. The molecule has 1 aromatic rings. The summed E-state index contributed by atoms with van der Waals surface area (Å²) in [4.78, 5) is 0. The molecular weight excluding hydrogens is 234 g/mol. The molecule has 1 aromatic heterocycles. The molecule has 0 aromatic carbocycles. The summed E-state index contributed by atoms with van der Waals surface area (Å²) in [5.41, 5.74) is 3.58. The van der Waals surface area contributed by atoms with Crippen LogP contribution in [0.5, 0.6) is 0 Å². The van der Waals surface area contributed by atoms with Gasteiger partial charge in [-0.15, -0.1) is 0 Å². The fourth-order valence-electron chi connectivity index (χ4n) is 4.46. The first-order valence-corrected chi connectivity index (χ1v) is 7.57. The molecule has 3 atom stereocenters. The molecule has 106 valence electrons. The van der Waals surface area contributed by atoms with E-state index in [1.165, 1.54) is 30.5 Å². The quantitative estimate of drug-likeness (QED) is 0.906. The van der Waals surface area contributed by atoms with Crippen LogP contribution < -0.4 is 5.32 Å². The van der Waals surface area contributed by atoms with Crippen LogP contribution in [-0.2, 0) is 13.6 Å². The molecule has 3 nitrogen and oxygen atoms in total. The molecule has 1 N–H and O–H groups in total. The summed E-state index contributed by atoms with van der Waals surface area (Å²) < 4.78 is 1.96. The molecule has 3 rings (SSSR count). The molecule has 2 aliphatic rings. The van der Waals surface area contributed by atoms with Crippen LogP contribution in [-0.4, -0.2) is 15.8 Å². The zero-order valence-corrected chi connectivity index (χ0v) is 13.0. The van der Waals surface area contributed by atoms with Gasteiger partial charge >= 0.3 is 0 Å². The van der Waals surface area contributed by atoms with E-state index in [9.17, 15) is 0 Å². The van der Waals surface area contributed by atoms with Gasteiger partial charge in [0.25, 0.3) is 0 Å². The Labute approximate surface area is 116 Å². The first kappa shape index (κ1) is 13.2. The maximum absolute atomic E-state index is 4.33. The molecule has 2 saturated carbocycles. The largest absolute Gasteiger partial charge is 0.309 e. The zero-order valence-electron chi connectivity index (χ0n) is 13.0. The number of fused-ring (bicyclic) bond motifs is 2. The van der Waals surface area contributed by atoms with E-state index in [1.807, 2.05) is 17.9 Å². The third kappa shape index (κ3) is 1.70. The lowest BCUT2D eigenvalue weighted by Crippen LogP contribution is -2.44. The summed E-state index contributed by atoms with van der Waals surface area (Å²) in [6, 6.07) is 0.667. The molecule has 2 aliphatic carbocycles. The Bertz CT molecular complexity index is 488. The van der Waals surface area contributed by atoms with E-state index >= 15 is 0 Å². The van der Waals surface area contributed by atoms with Crippen molar-refractivity contribution in [2.45, 2.75) is 59.5 Å². The van der Waals surface area contributed by atoms with Crippen LogP contribution in [0.4, 0.5) is 0 Å². The Balaban J connectivity index is 1.71. The van der Waals surface area contributed by atoms with E-state index in [0.29, 0.717) is 16.9 Å². The van der Waals surface area contributed by atoms with E-state index in [0.717, 1.165) is 12.5 Å². The molecular formula is C16H27N3. The van der Waals surface area contributed by atoms with Gasteiger partial charge in [0.2, 0.25) is 0 Å². The highest BCUT2D eigenvalue weighted by molar-refractivity contribution is 5.17. The summed E-state index contributed by atoms with van der Waals surface area (Å²) in [6.07, 6.45) is 6.16. The van der Waals surface area contributed by atoms with Crippen molar-refractivity contribution >= 4 is 0 Å². The number of nitrogens with zero attached hydrogens (tertiary/aromatic N) is 2. The lowest BCUT2D eigenvalue weighted by atomic mass is 9.69. The fourth-order valence-corrected chi connectivity index (χ4v) is 4.46. The van der Waals surface area contributed by atoms with Crippen molar-refractivity contribution in [1.29, 1.82) is 0 Å². The SMILES string of the molecule is Cc1c(CNC2CC3CCC2(C)C3(C)C)cnn1C. The van der Waals surface area contributed by atoms with E-state index in [1.54, 1.807) is 0 Å². The lowest BCUT2D eigenvalue weighted by molar-refractivity contribution is 0.120. The second-order valence-electron chi connectivity index (χ2n) is 7.42. The highest BCUT2D eigenvalue weighted by Gasteiger charge is 2.60. The standard InChI is InChI=1S/C16H27N3/c1-11-12(10-18-19(11)5)9-17-14-8-13-6-7-16(14,4)15(13,2)3/h10,13-14,17H,6-9H2,1-5H3. The van der Waals surface area contributed by atoms with Gasteiger partial charge in [-0.3, -0.25) is 4.68 Å². The number of aromatic nitrogens is 2. The smallest absolute Gasteiger partial charge is 0.0537 e. The Morgan fingerprint density at radius 1 is 1.42 bits per heavy atom. The predicted octanol–water partition coefficient (Wildman–Crippen LogP) is 3.03. The minimum Gasteiger partial charge on any atom is -0.309 e. The molecule has 2 bridgehead atoms. The Morgan fingerprint density at radius 3 is 2.63 bits per heavy atom. The van der Waals surface area contributed by atoms with Crippen molar-refractivity contribution in [2.75, 3.05) is 0 Å². The number of hydrogen-bond donors (Lipinski definition) is 1. The van der Waals surface area contributed by atoms with Crippen LogP contribution in [0.3, 0.4) is 0 Å². The monoisotopic (exact) mass is 261 g/mol. The summed E-state index contributed by atoms with van der Waals surface area (Å²) >= 11 is 0. The van der Waals surface area contributed by atoms with Crippen molar-refractivity contribution in [1.82, 2.24) is 15.1 Å². The summed E-state index contributed by atoms with van der Waals surface area (Å²) in [5, 5.41) is 8.16. The van der Waals surface area contributed by atoms with E-state index in [-0.39, 0.29) is 0 Å². The van der Waals surface area contributed by atoms with Gasteiger partial charge in [-0.2, -0.15) is 5.10 Å². The third-order valence-electron chi connectivity index (χ3n) is 6.67. The molecule has 3 unspecified atom stereocenters. The van der Waals surface area contributed by atoms with Gasteiger partial charge < -0.3 is 5.32 Å². The van der Waals surface area contributed by atoms with E-state index < -0.39 is 0 Å². The van der Waals surface area contributed by atoms with Crippen molar-refractivity contribution < 1.29 is 0 Å². The molecule has 1 heterocycles. The maximum atomic E-state index is 4.33. The molecule has 0 radical (unpaired) electrons. The topological polar surface area (TPSA) is 29.9 Å². The van der Waals surface area contributed by atoms with Crippen LogP contribution in [0, 0.1) is 23.7 Å². The van der Waals surface area contributed by atoms with Gasteiger partial charge in [-0.1, -0.05) is 20.8 Å². The number of aryl methyl sites for hydroxylation is 1. The normalized spacial score (nSPS) is 36.1. The van der Waals surface area contributed by atoms with E-state index in [4.69, 9.17) is 0 Å². The lowest BCUT2D eigenvalue weighted by Gasteiger charge is -2.39. The summed E-state index contributed by atoms with van der Waals surface area (Å²) in [7, 11) is 2.01. The molecule has 0 aliphatic heterocycles. The molecule has 2 fully saturated rings. The highest BCUT2D eigenvalue weighted by Crippen LogP contribution is 2.65. The first-order valence-electron chi connectivity index (χ1n) is 7.57. The molecule has 0 spiro atoms. The average Bonchev–Trinajstić information content (AvgIpc) is 2.85. The first-order chi connectivity index (χ1) is 8.86. The molecule has 0 amide bonds. The minimum absolute atomic E-state index is 0.466. The minimum atomic E-state index is 0.466. The summed E-state index contributed by atoms with van der Waals surface area (Å²) in [5.74, 6) is 0.907. The van der Waals surface area contributed by atoms with Crippen LogP contribution in [0.1, 0.15) is 51.3 Å². The maximum Gasteiger partial charge on any atom is 0.0537 e. The van der Waals surface area contributed by atoms with Crippen LogP contribution in [0.15, 0.2) is 6.20 Å². The Hall–Kier alpha value is -0.830. The number of hydrogen-bond acceptors (Lipinski definition) is 2. The van der Waals surface area contributed by atoms with Gasteiger partial charge in [0.1, 0.15) is 0 Å². The van der Waals surface area contributed by atoms with Gasteiger partial charge in [0.15, 0.2) is 0 Å². The van der Waals surface area contributed by atoms with Crippen LogP contribution >= 0.6 is 0 Å². The van der Waals surface area contributed by atoms with Crippen molar-refractivity contribution in [3.05, 3.63) is 17.5 Å². The molecule has 19 heavy (non-hydrogen) atoms.